The number of fused-ring (bicyclic) bond motifs is 1. The topological polar surface area (TPSA) is 18.5 Å². The zero-order chi connectivity index (χ0) is 18.5. The molecule has 4 aromatic carbocycles. The summed E-state index contributed by atoms with van der Waals surface area (Å²) in [6.07, 6.45) is 0.763. The van der Waals surface area contributed by atoms with Crippen LogP contribution in [0.3, 0.4) is 0 Å². The highest BCUT2D eigenvalue weighted by Gasteiger charge is 2.11. The standard InChI is InChI=1S/C25H22O2/c1-26-24-14-8-7-13-22(24)16-23-15-20-11-5-6-12-21(20)17-25(23)27-18-19-9-3-2-4-10-19/h2-15,17H,16,18H2,1H3. The summed E-state index contributed by atoms with van der Waals surface area (Å²) in [5.74, 6) is 1.82. The molecule has 0 atom stereocenters. The Hall–Kier alpha value is -3.26. The monoisotopic (exact) mass is 354 g/mol. The molecular formula is C25H22O2. The number of para-hydroxylation sites is 1. The Bertz CT molecular complexity index is 1040. The maximum atomic E-state index is 6.24. The molecule has 0 bridgehead atoms. The van der Waals surface area contributed by atoms with Gasteiger partial charge in [0.1, 0.15) is 18.1 Å². The van der Waals surface area contributed by atoms with E-state index in [1.807, 2.05) is 36.4 Å². The largest absolute Gasteiger partial charge is 0.496 e. The molecule has 2 nitrogen and oxygen atoms in total. The van der Waals surface area contributed by atoms with Crippen molar-refractivity contribution in [1.29, 1.82) is 0 Å². The molecule has 0 aliphatic carbocycles. The quantitative estimate of drug-likeness (QED) is 0.422. The van der Waals surface area contributed by atoms with Gasteiger partial charge in [0.2, 0.25) is 0 Å². The van der Waals surface area contributed by atoms with E-state index in [0.29, 0.717) is 6.61 Å². The van der Waals surface area contributed by atoms with E-state index < -0.39 is 0 Å². The number of rotatable bonds is 6. The van der Waals surface area contributed by atoms with E-state index >= 15 is 0 Å². The van der Waals surface area contributed by atoms with Gasteiger partial charge in [-0.3, -0.25) is 0 Å². The minimum Gasteiger partial charge on any atom is -0.496 e. The molecule has 0 saturated heterocycles. The molecule has 0 unspecified atom stereocenters. The van der Waals surface area contributed by atoms with E-state index in [9.17, 15) is 0 Å². The SMILES string of the molecule is COc1ccccc1Cc1cc2ccccc2cc1OCc1ccccc1. The van der Waals surface area contributed by atoms with Gasteiger partial charge < -0.3 is 9.47 Å². The Labute approximate surface area is 160 Å². The number of hydrogen-bond donors (Lipinski definition) is 0. The zero-order valence-electron chi connectivity index (χ0n) is 15.4. The van der Waals surface area contributed by atoms with Crippen LogP contribution >= 0.6 is 0 Å². The van der Waals surface area contributed by atoms with Crippen molar-refractivity contribution in [3.63, 3.8) is 0 Å². The molecule has 134 valence electrons. The first-order valence-corrected chi connectivity index (χ1v) is 9.14. The smallest absolute Gasteiger partial charge is 0.123 e. The predicted molar refractivity (Wildman–Crippen MR) is 111 cm³/mol. The maximum Gasteiger partial charge on any atom is 0.123 e. The molecule has 0 radical (unpaired) electrons. The van der Waals surface area contributed by atoms with Crippen LogP contribution < -0.4 is 9.47 Å². The van der Waals surface area contributed by atoms with Gasteiger partial charge in [-0.25, -0.2) is 0 Å². The van der Waals surface area contributed by atoms with Crippen molar-refractivity contribution in [3.05, 3.63) is 108 Å². The second-order valence-corrected chi connectivity index (χ2v) is 6.57. The molecular weight excluding hydrogens is 332 g/mol. The van der Waals surface area contributed by atoms with Gasteiger partial charge in [-0.15, -0.1) is 0 Å². The number of ether oxygens (including phenoxy) is 2. The molecule has 0 N–H and O–H groups in total. The molecule has 27 heavy (non-hydrogen) atoms. The lowest BCUT2D eigenvalue weighted by Crippen LogP contribution is -2.00. The average molecular weight is 354 g/mol. The summed E-state index contributed by atoms with van der Waals surface area (Å²) in [5, 5.41) is 2.40. The molecule has 0 amide bonds. The number of hydrogen-bond acceptors (Lipinski definition) is 2. The van der Waals surface area contributed by atoms with Crippen LogP contribution in [0.25, 0.3) is 10.8 Å². The molecule has 0 aliphatic rings. The van der Waals surface area contributed by atoms with Crippen LogP contribution in [0.15, 0.2) is 91.0 Å². The van der Waals surface area contributed by atoms with Crippen LogP contribution in [0, 0.1) is 0 Å². The van der Waals surface area contributed by atoms with Crippen molar-refractivity contribution < 1.29 is 9.47 Å². The molecule has 0 aromatic heterocycles. The molecule has 0 fully saturated rings. The summed E-state index contributed by atoms with van der Waals surface area (Å²) in [6, 6.07) is 31.2. The lowest BCUT2D eigenvalue weighted by Gasteiger charge is -2.15. The normalized spacial score (nSPS) is 10.7. The molecule has 4 aromatic rings. The summed E-state index contributed by atoms with van der Waals surface area (Å²) in [7, 11) is 1.71. The van der Waals surface area contributed by atoms with Crippen LogP contribution in [-0.2, 0) is 13.0 Å². The predicted octanol–water partition coefficient (Wildman–Crippen LogP) is 6.02. The van der Waals surface area contributed by atoms with Crippen molar-refractivity contribution in [1.82, 2.24) is 0 Å². The maximum absolute atomic E-state index is 6.24. The highest BCUT2D eigenvalue weighted by atomic mass is 16.5. The third kappa shape index (κ3) is 3.95. The van der Waals surface area contributed by atoms with Gasteiger partial charge >= 0.3 is 0 Å². The molecule has 0 saturated carbocycles. The summed E-state index contributed by atoms with van der Waals surface area (Å²) in [4.78, 5) is 0. The van der Waals surface area contributed by atoms with Crippen molar-refractivity contribution in [2.24, 2.45) is 0 Å². The molecule has 4 rings (SSSR count). The van der Waals surface area contributed by atoms with E-state index in [1.54, 1.807) is 7.11 Å². The van der Waals surface area contributed by atoms with Gasteiger partial charge in [-0.05, 0) is 45.7 Å². The minimum absolute atomic E-state index is 0.554. The van der Waals surface area contributed by atoms with E-state index in [4.69, 9.17) is 9.47 Å². The fraction of sp³-hybridized carbons (Fsp3) is 0.120. The summed E-state index contributed by atoms with van der Waals surface area (Å²) in [5.41, 5.74) is 3.47. The van der Waals surface area contributed by atoms with Crippen molar-refractivity contribution >= 4 is 10.8 Å². The van der Waals surface area contributed by atoms with E-state index in [1.165, 1.54) is 10.8 Å². The van der Waals surface area contributed by atoms with Crippen molar-refractivity contribution in [2.45, 2.75) is 13.0 Å². The van der Waals surface area contributed by atoms with Crippen LogP contribution in [0.2, 0.25) is 0 Å². The first kappa shape index (κ1) is 17.2. The average Bonchev–Trinajstić information content (AvgIpc) is 2.73. The van der Waals surface area contributed by atoms with Gasteiger partial charge in [0.25, 0.3) is 0 Å². The van der Waals surface area contributed by atoms with E-state index in [2.05, 4.69) is 54.6 Å². The van der Waals surface area contributed by atoms with Gasteiger partial charge in [0.15, 0.2) is 0 Å². The highest BCUT2D eigenvalue weighted by molar-refractivity contribution is 5.85. The Kier molecular flexibility index (Phi) is 5.06. The van der Waals surface area contributed by atoms with Crippen LogP contribution in [-0.4, -0.2) is 7.11 Å². The third-order valence-electron chi connectivity index (χ3n) is 4.74. The third-order valence-corrected chi connectivity index (χ3v) is 4.74. The zero-order valence-corrected chi connectivity index (χ0v) is 15.4. The summed E-state index contributed by atoms with van der Waals surface area (Å²) < 4.78 is 11.8. The van der Waals surface area contributed by atoms with Crippen LogP contribution in [0.5, 0.6) is 11.5 Å². The molecule has 2 heteroatoms. The first-order chi connectivity index (χ1) is 13.3. The highest BCUT2D eigenvalue weighted by Crippen LogP contribution is 2.31. The minimum atomic E-state index is 0.554. The number of benzene rings is 4. The van der Waals surface area contributed by atoms with Crippen molar-refractivity contribution in [2.75, 3.05) is 7.11 Å². The second-order valence-electron chi connectivity index (χ2n) is 6.57. The molecule has 0 spiro atoms. The summed E-state index contributed by atoms with van der Waals surface area (Å²) >= 11 is 0. The van der Waals surface area contributed by atoms with Gasteiger partial charge in [-0.1, -0.05) is 72.8 Å². The Morgan fingerprint density at radius 3 is 2.07 bits per heavy atom. The first-order valence-electron chi connectivity index (χ1n) is 9.14. The van der Waals surface area contributed by atoms with Gasteiger partial charge in [-0.2, -0.15) is 0 Å². The van der Waals surface area contributed by atoms with Gasteiger partial charge in [0, 0.05) is 6.42 Å². The summed E-state index contributed by atoms with van der Waals surface area (Å²) in [6.45, 7) is 0.554. The Morgan fingerprint density at radius 1 is 0.630 bits per heavy atom. The fourth-order valence-electron chi connectivity index (χ4n) is 3.33. The Balaban J connectivity index is 1.70. The fourth-order valence-corrected chi connectivity index (χ4v) is 3.33. The van der Waals surface area contributed by atoms with E-state index in [0.717, 1.165) is 34.6 Å². The van der Waals surface area contributed by atoms with Crippen LogP contribution in [0.4, 0.5) is 0 Å². The van der Waals surface area contributed by atoms with Gasteiger partial charge in [0.05, 0.1) is 7.11 Å². The second kappa shape index (κ2) is 7.96. The molecule has 0 aliphatic heterocycles. The van der Waals surface area contributed by atoms with Crippen LogP contribution in [0.1, 0.15) is 16.7 Å². The lowest BCUT2D eigenvalue weighted by molar-refractivity contribution is 0.304. The number of methoxy groups -OCH3 is 1. The van der Waals surface area contributed by atoms with Crippen molar-refractivity contribution in [3.8, 4) is 11.5 Å². The lowest BCUT2D eigenvalue weighted by atomic mass is 9.99. The Morgan fingerprint density at radius 2 is 1.30 bits per heavy atom. The molecule has 0 heterocycles. The van der Waals surface area contributed by atoms with E-state index in [-0.39, 0.29) is 0 Å².